The van der Waals surface area contributed by atoms with Crippen molar-refractivity contribution < 1.29 is 14.3 Å². The molecule has 120 valence electrons. The Labute approximate surface area is 146 Å². The number of anilines is 1. The van der Waals surface area contributed by atoms with Gasteiger partial charge < -0.3 is 15.7 Å². The Balaban J connectivity index is 2.07. The van der Waals surface area contributed by atoms with Crippen molar-refractivity contribution in [3.8, 4) is 0 Å². The van der Waals surface area contributed by atoms with E-state index in [4.69, 9.17) is 17.3 Å². The first-order chi connectivity index (χ1) is 10.9. The van der Waals surface area contributed by atoms with Crippen molar-refractivity contribution in [2.45, 2.75) is 12.5 Å². The third kappa shape index (κ3) is 5.57. The highest BCUT2D eigenvalue weighted by molar-refractivity contribution is 9.10. The summed E-state index contributed by atoms with van der Waals surface area (Å²) in [5.41, 5.74) is 0.627. The van der Waals surface area contributed by atoms with Crippen LogP contribution in [-0.2, 0) is 4.79 Å². The van der Waals surface area contributed by atoms with Gasteiger partial charge in [0.25, 0.3) is 0 Å². The number of carboxylic acids is 1. The van der Waals surface area contributed by atoms with Crippen LogP contribution in [0.2, 0.25) is 0 Å². The molecule has 3 N–H and O–H groups in total. The Morgan fingerprint density at radius 1 is 1.30 bits per heavy atom. The number of pyridine rings is 1. The van der Waals surface area contributed by atoms with Gasteiger partial charge in [0, 0.05) is 10.7 Å². The zero-order chi connectivity index (χ0) is 16.8. The van der Waals surface area contributed by atoms with Crippen molar-refractivity contribution in [1.82, 2.24) is 10.3 Å². The molecule has 0 saturated carbocycles. The smallest absolute Gasteiger partial charge is 0.305 e. The first kappa shape index (κ1) is 17.3. The summed E-state index contributed by atoms with van der Waals surface area (Å²) in [6.07, 6.45) is 1.42. The molecule has 0 amide bonds. The van der Waals surface area contributed by atoms with Gasteiger partial charge in [-0.25, -0.2) is 9.37 Å². The van der Waals surface area contributed by atoms with Gasteiger partial charge in [-0.3, -0.25) is 4.79 Å². The number of hydrogen-bond acceptors (Lipinski definition) is 3. The Bertz CT molecular complexity index is 695. The molecule has 0 aliphatic carbocycles. The number of nitrogens with one attached hydrogen (secondary N) is 2. The third-order valence-corrected chi connectivity index (χ3v) is 3.61. The van der Waals surface area contributed by atoms with Crippen LogP contribution >= 0.6 is 28.1 Å². The number of nitrogens with zero attached hydrogens (tertiary/aromatic N) is 1. The van der Waals surface area contributed by atoms with Gasteiger partial charge in [0.15, 0.2) is 5.11 Å². The molecule has 1 heterocycles. The van der Waals surface area contributed by atoms with Crippen molar-refractivity contribution in [2.75, 3.05) is 5.32 Å². The van der Waals surface area contributed by atoms with E-state index < -0.39 is 12.0 Å². The molecule has 1 atom stereocenters. The molecule has 0 aliphatic heterocycles. The van der Waals surface area contributed by atoms with E-state index in [-0.39, 0.29) is 17.4 Å². The molecule has 1 aromatic carbocycles. The number of rotatable bonds is 5. The summed E-state index contributed by atoms with van der Waals surface area (Å²) in [6.45, 7) is 0. The second-order valence-electron chi connectivity index (χ2n) is 4.66. The molecule has 2 aromatic rings. The number of carboxylic acid groups (broad SMARTS) is 1. The molecule has 0 radical (unpaired) electrons. The minimum Gasteiger partial charge on any atom is -0.481 e. The molecule has 5 nitrogen and oxygen atoms in total. The average molecular weight is 398 g/mol. The van der Waals surface area contributed by atoms with E-state index in [2.05, 4.69) is 31.5 Å². The lowest BCUT2D eigenvalue weighted by Gasteiger charge is -2.19. The van der Waals surface area contributed by atoms with Gasteiger partial charge in [-0.05, 0) is 58.0 Å². The maximum Gasteiger partial charge on any atom is 0.305 e. The van der Waals surface area contributed by atoms with Crippen molar-refractivity contribution in [2.24, 2.45) is 0 Å². The van der Waals surface area contributed by atoms with Crippen LogP contribution in [0.5, 0.6) is 0 Å². The predicted molar refractivity (Wildman–Crippen MR) is 92.7 cm³/mol. The lowest BCUT2D eigenvalue weighted by Crippen LogP contribution is -2.33. The maximum absolute atomic E-state index is 13.0. The summed E-state index contributed by atoms with van der Waals surface area (Å²) in [5.74, 6) is -0.849. The van der Waals surface area contributed by atoms with Crippen molar-refractivity contribution in [3.05, 3.63) is 58.4 Å². The van der Waals surface area contributed by atoms with Gasteiger partial charge in [0.05, 0.1) is 12.5 Å². The Kier molecular flexibility index (Phi) is 6.00. The SMILES string of the molecule is O=C(O)C[C@@H](NC(=S)Nc1ccc(Br)cn1)c1ccc(F)cc1. The lowest BCUT2D eigenvalue weighted by atomic mass is 10.0. The molecule has 0 unspecified atom stereocenters. The average Bonchev–Trinajstić information content (AvgIpc) is 2.49. The number of halogens is 2. The monoisotopic (exact) mass is 397 g/mol. The quantitative estimate of drug-likeness (QED) is 0.670. The van der Waals surface area contributed by atoms with Crippen LogP contribution in [0.3, 0.4) is 0 Å². The van der Waals surface area contributed by atoms with Crippen LogP contribution in [0.25, 0.3) is 0 Å². The number of benzene rings is 1. The maximum atomic E-state index is 13.0. The van der Waals surface area contributed by atoms with E-state index in [0.717, 1.165) is 4.47 Å². The molecule has 2 rings (SSSR count). The lowest BCUT2D eigenvalue weighted by molar-refractivity contribution is -0.137. The van der Waals surface area contributed by atoms with E-state index in [1.54, 1.807) is 18.3 Å². The summed E-state index contributed by atoms with van der Waals surface area (Å²) in [6, 6.07) is 8.54. The van der Waals surface area contributed by atoms with E-state index in [9.17, 15) is 9.18 Å². The van der Waals surface area contributed by atoms with Crippen LogP contribution in [0.1, 0.15) is 18.0 Å². The largest absolute Gasteiger partial charge is 0.481 e. The fourth-order valence-corrected chi connectivity index (χ4v) is 2.36. The normalized spacial score (nSPS) is 11.6. The minimum atomic E-state index is -0.989. The van der Waals surface area contributed by atoms with Crippen LogP contribution < -0.4 is 10.6 Å². The summed E-state index contributed by atoms with van der Waals surface area (Å²) < 4.78 is 13.8. The number of aliphatic carboxylic acids is 1. The van der Waals surface area contributed by atoms with Gasteiger partial charge in [0.1, 0.15) is 11.6 Å². The second-order valence-corrected chi connectivity index (χ2v) is 5.99. The van der Waals surface area contributed by atoms with Crippen LogP contribution in [0, 0.1) is 5.82 Å². The summed E-state index contributed by atoms with van der Waals surface area (Å²) in [5, 5.41) is 15.1. The highest BCUT2D eigenvalue weighted by atomic mass is 79.9. The van der Waals surface area contributed by atoms with Crippen LogP contribution in [0.15, 0.2) is 47.1 Å². The predicted octanol–water partition coefficient (Wildman–Crippen LogP) is 3.49. The molecule has 0 bridgehead atoms. The van der Waals surface area contributed by atoms with Crippen molar-refractivity contribution in [3.63, 3.8) is 0 Å². The topological polar surface area (TPSA) is 74.2 Å². The first-order valence-corrected chi connectivity index (χ1v) is 7.80. The van der Waals surface area contributed by atoms with Gasteiger partial charge in [-0.1, -0.05) is 12.1 Å². The van der Waals surface area contributed by atoms with Gasteiger partial charge in [0.2, 0.25) is 0 Å². The minimum absolute atomic E-state index is 0.193. The highest BCUT2D eigenvalue weighted by Gasteiger charge is 2.17. The number of hydrogen-bond donors (Lipinski definition) is 3. The molecule has 0 aliphatic rings. The molecule has 1 aromatic heterocycles. The van der Waals surface area contributed by atoms with Crippen LogP contribution in [0.4, 0.5) is 10.2 Å². The Morgan fingerprint density at radius 3 is 2.57 bits per heavy atom. The number of aromatic nitrogens is 1. The second kappa shape index (κ2) is 7.98. The van der Waals surface area contributed by atoms with Gasteiger partial charge in [-0.15, -0.1) is 0 Å². The molecule has 8 heteroatoms. The number of thiocarbonyl (C=S) groups is 1. The molecule has 0 fully saturated rings. The molecular weight excluding hydrogens is 385 g/mol. The fourth-order valence-electron chi connectivity index (χ4n) is 1.88. The van der Waals surface area contributed by atoms with Gasteiger partial charge >= 0.3 is 5.97 Å². The summed E-state index contributed by atoms with van der Waals surface area (Å²) in [7, 11) is 0. The number of carbonyl (C=O) groups is 1. The van der Waals surface area contributed by atoms with E-state index >= 15 is 0 Å². The summed E-state index contributed by atoms with van der Waals surface area (Å²) in [4.78, 5) is 15.2. The Morgan fingerprint density at radius 2 is 2.00 bits per heavy atom. The van der Waals surface area contributed by atoms with Gasteiger partial charge in [-0.2, -0.15) is 0 Å². The van der Waals surface area contributed by atoms with E-state index in [0.29, 0.717) is 11.4 Å². The van der Waals surface area contributed by atoms with Crippen molar-refractivity contribution >= 4 is 45.0 Å². The molecular formula is C15H13BrFN3O2S. The fraction of sp³-hybridized carbons (Fsp3) is 0.133. The van der Waals surface area contributed by atoms with Crippen LogP contribution in [-0.4, -0.2) is 21.2 Å². The highest BCUT2D eigenvalue weighted by Crippen LogP contribution is 2.18. The standard InChI is InChI=1S/C15H13BrFN3O2S/c16-10-3-6-13(18-8-10)20-15(23)19-12(7-14(21)22)9-1-4-11(17)5-2-9/h1-6,8,12H,7H2,(H,21,22)(H2,18,19,20,23)/t12-/m1/s1. The van der Waals surface area contributed by atoms with E-state index in [1.165, 1.54) is 24.3 Å². The van der Waals surface area contributed by atoms with E-state index in [1.807, 2.05) is 0 Å². The first-order valence-electron chi connectivity index (χ1n) is 6.60. The Hall–Kier alpha value is -2.06. The third-order valence-electron chi connectivity index (χ3n) is 2.93. The zero-order valence-corrected chi connectivity index (χ0v) is 14.2. The molecule has 0 spiro atoms. The zero-order valence-electron chi connectivity index (χ0n) is 11.8. The molecule has 0 saturated heterocycles. The van der Waals surface area contributed by atoms with Crippen molar-refractivity contribution in [1.29, 1.82) is 0 Å². The molecule has 23 heavy (non-hydrogen) atoms. The summed E-state index contributed by atoms with van der Waals surface area (Å²) >= 11 is 8.46.